The molecule has 176 valence electrons. The van der Waals surface area contributed by atoms with Gasteiger partial charge in [-0.05, 0) is 50.5 Å². The molecule has 33 heavy (non-hydrogen) atoms. The average Bonchev–Trinajstić information content (AvgIpc) is 3.32. The van der Waals surface area contributed by atoms with Gasteiger partial charge in [0.15, 0.2) is 0 Å². The Hall–Kier alpha value is -2.01. The minimum Gasteiger partial charge on any atom is -0.465 e. The first-order chi connectivity index (χ1) is 15.8. The summed E-state index contributed by atoms with van der Waals surface area (Å²) in [6, 6.07) is 6.24. The number of hydrogen-bond acceptors (Lipinski definition) is 6. The number of aromatic nitrogens is 1. The van der Waals surface area contributed by atoms with E-state index in [9.17, 15) is 14.7 Å². The predicted octanol–water partition coefficient (Wildman–Crippen LogP) is 5.93. The van der Waals surface area contributed by atoms with E-state index in [2.05, 4.69) is 40.4 Å². The molecular formula is C23H27BrN4O3S2. The summed E-state index contributed by atoms with van der Waals surface area (Å²) >= 11 is 6.57. The second-order valence-corrected chi connectivity index (χ2v) is 11.4. The molecule has 0 unspecified atom stereocenters. The summed E-state index contributed by atoms with van der Waals surface area (Å²) in [5.41, 5.74) is 2.93. The van der Waals surface area contributed by atoms with Crippen LogP contribution in [-0.2, 0) is 17.8 Å². The van der Waals surface area contributed by atoms with Crippen molar-refractivity contribution < 1.29 is 14.7 Å². The molecule has 7 nitrogen and oxygen atoms in total. The third kappa shape index (κ3) is 5.24. The molecule has 1 aliphatic rings. The van der Waals surface area contributed by atoms with Gasteiger partial charge in [0.05, 0.1) is 16.8 Å². The van der Waals surface area contributed by atoms with E-state index in [1.54, 1.807) is 11.3 Å². The first kappa shape index (κ1) is 24.1. The molecule has 0 saturated carbocycles. The van der Waals surface area contributed by atoms with Crippen molar-refractivity contribution in [1.29, 1.82) is 0 Å². The third-order valence-corrected chi connectivity index (χ3v) is 8.63. The van der Waals surface area contributed by atoms with E-state index in [4.69, 9.17) is 4.98 Å². The van der Waals surface area contributed by atoms with Crippen molar-refractivity contribution >= 4 is 65.8 Å². The molecule has 0 aliphatic carbocycles. The van der Waals surface area contributed by atoms with Crippen LogP contribution in [0.5, 0.6) is 0 Å². The number of carbonyl (C=O) groups excluding carboxylic acids is 1. The van der Waals surface area contributed by atoms with Crippen molar-refractivity contribution in [2.24, 2.45) is 0 Å². The quantitative estimate of drug-likeness (QED) is 0.339. The molecule has 3 aromatic rings. The second kappa shape index (κ2) is 10.1. The van der Waals surface area contributed by atoms with Crippen molar-refractivity contribution in [1.82, 2.24) is 15.2 Å². The van der Waals surface area contributed by atoms with Gasteiger partial charge in [-0.25, -0.2) is 9.78 Å². The Bertz CT molecular complexity index is 1190. The Morgan fingerprint density at radius 2 is 2.15 bits per heavy atom. The van der Waals surface area contributed by atoms with E-state index < -0.39 is 6.09 Å². The van der Waals surface area contributed by atoms with E-state index in [1.807, 2.05) is 25.1 Å². The molecule has 4 rings (SSSR count). The topological polar surface area (TPSA) is 94.6 Å². The molecule has 1 aromatic carbocycles. The first-order valence-electron chi connectivity index (χ1n) is 11.0. The van der Waals surface area contributed by atoms with Crippen LogP contribution in [0.25, 0.3) is 20.8 Å². The molecule has 3 N–H and O–H groups in total. The summed E-state index contributed by atoms with van der Waals surface area (Å²) in [7, 11) is 0. The van der Waals surface area contributed by atoms with Crippen LogP contribution in [0.15, 0.2) is 22.7 Å². The van der Waals surface area contributed by atoms with Crippen molar-refractivity contribution in [2.75, 3.05) is 11.9 Å². The third-order valence-electron chi connectivity index (χ3n) is 5.96. The fourth-order valence-corrected chi connectivity index (χ4v) is 6.60. The number of benzene rings is 1. The van der Waals surface area contributed by atoms with Gasteiger partial charge in [-0.3, -0.25) is 4.79 Å². The fraction of sp³-hybridized carbons (Fsp3) is 0.435. The predicted molar refractivity (Wildman–Crippen MR) is 138 cm³/mol. The number of halogens is 1. The number of hydrogen-bond donors (Lipinski definition) is 3. The molecule has 0 fully saturated rings. The lowest BCUT2D eigenvalue weighted by Crippen LogP contribution is -2.41. The molecule has 2 aromatic heterocycles. The second-order valence-electron chi connectivity index (χ2n) is 8.36. The largest absolute Gasteiger partial charge is 0.465 e. The number of thiophene rings is 1. The number of carboxylic acid groups (broad SMARTS) is 1. The zero-order valence-corrected chi connectivity index (χ0v) is 22.0. The maximum atomic E-state index is 12.8. The van der Waals surface area contributed by atoms with Gasteiger partial charge in [0.25, 0.3) is 0 Å². The molecule has 2 atom stereocenters. The Morgan fingerprint density at radius 1 is 1.36 bits per heavy atom. The van der Waals surface area contributed by atoms with E-state index in [-0.39, 0.29) is 11.9 Å². The number of nitrogens with zero attached hydrogens (tertiary/aromatic N) is 2. The molecule has 1 aliphatic heterocycles. The monoisotopic (exact) mass is 550 g/mol. The molecule has 0 bridgehead atoms. The van der Waals surface area contributed by atoms with Crippen LogP contribution in [0.2, 0.25) is 0 Å². The van der Waals surface area contributed by atoms with Gasteiger partial charge >= 0.3 is 6.09 Å². The average molecular weight is 552 g/mol. The number of carbonyl (C=O) groups is 2. The van der Waals surface area contributed by atoms with Crippen molar-refractivity contribution in [3.05, 3.63) is 33.1 Å². The van der Waals surface area contributed by atoms with E-state index in [1.165, 1.54) is 16.2 Å². The number of thiazole rings is 1. The molecule has 10 heteroatoms. The summed E-state index contributed by atoms with van der Waals surface area (Å²) in [6.45, 7) is 7.07. The Labute approximate surface area is 209 Å². The lowest BCUT2D eigenvalue weighted by atomic mass is 9.98. The normalized spacial score (nSPS) is 16.6. The number of fused-ring (bicyclic) bond motifs is 2. The lowest BCUT2D eigenvalue weighted by molar-refractivity contribution is -0.116. The van der Waals surface area contributed by atoms with Crippen molar-refractivity contribution in [3.63, 3.8) is 0 Å². The summed E-state index contributed by atoms with van der Waals surface area (Å²) < 4.78 is 2.03. The highest BCUT2D eigenvalue weighted by molar-refractivity contribution is 9.10. The smallest absolute Gasteiger partial charge is 0.407 e. The van der Waals surface area contributed by atoms with Crippen LogP contribution in [-0.4, -0.2) is 45.6 Å². The highest BCUT2D eigenvalue weighted by Crippen LogP contribution is 2.46. The standard InChI is InChI=1S/C23H27BrN4O3S2/c1-4-12(2)25-8-7-19(29)27-22-20(21-26-16-10-14(24)5-6-17(16)32-21)15-9-13(3)28(23(30)31)11-18(15)33-22/h5-6,10,12-13,25H,4,7-9,11H2,1-3H3,(H,27,29)(H,30,31)/t12-,13+/m0/s1. The minimum atomic E-state index is -0.922. The molecule has 2 amide bonds. The van der Waals surface area contributed by atoms with Gasteiger partial charge in [-0.2, -0.15) is 0 Å². The summed E-state index contributed by atoms with van der Waals surface area (Å²) in [6.07, 6.45) is 1.06. The van der Waals surface area contributed by atoms with Crippen LogP contribution < -0.4 is 10.6 Å². The molecule has 0 saturated heterocycles. The number of anilines is 1. The summed E-state index contributed by atoms with van der Waals surface area (Å²) in [5.74, 6) is -0.0577. The summed E-state index contributed by atoms with van der Waals surface area (Å²) in [5, 5.41) is 17.7. The Kier molecular flexibility index (Phi) is 7.37. The molecular weight excluding hydrogens is 524 g/mol. The Morgan fingerprint density at radius 3 is 2.88 bits per heavy atom. The van der Waals surface area contributed by atoms with E-state index in [0.717, 1.165) is 47.1 Å². The number of amides is 2. The highest BCUT2D eigenvalue weighted by Gasteiger charge is 2.33. The van der Waals surface area contributed by atoms with Gasteiger partial charge < -0.3 is 20.6 Å². The maximum absolute atomic E-state index is 12.8. The van der Waals surface area contributed by atoms with Crippen LogP contribution in [0.4, 0.5) is 9.80 Å². The fourth-order valence-electron chi connectivity index (χ4n) is 3.92. The molecule has 3 heterocycles. The molecule has 0 radical (unpaired) electrons. The van der Waals surface area contributed by atoms with Gasteiger partial charge in [-0.15, -0.1) is 22.7 Å². The zero-order chi connectivity index (χ0) is 23.7. The van der Waals surface area contributed by atoms with Crippen molar-refractivity contribution in [2.45, 2.75) is 58.7 Å². The van der Waals surface area contributed by atoms with Gasteiger partial charge in [-0.1, -0.05) is 22.9 Å². The summed E-state index contributed by atoms with van der Waals surface area (Å²) in [4.78, 5) is 31.8. The zero-order valence-electron chi connectivity index (χ0n) is 18.8. The van der Waals surface area contributed by atoms with Crippen LogP contribution in [0.1, 0.15) is 44.1 Å². The van der Waals surface area contributed by atoms with E-state index in [0.29, 0.717) is 32.0 Å². The van der Waals surface area contributed by atoms with E-state index >= 15 is 0 Å². The minimum absolute atomic E-state index is 0.0577. The Balaban J connectivity index is 1.68. The van der Waals surface area contributed by atoms with Crippen LogP contribution in [0.3, 0.4) is 0 Å². The van der Waals surface area contributed by atoms with Crippen molar-refractivity contribution in [3.8, 4) is 10.6 Å². The number of rotatable bonds is 7. The molecule has 0 spiro atoms. The van der Waals surface area contributed by atoms with Gasteiger partial charge in [0, 0.05) is 40.0 Å². The lowest BCUT2D eigenvalue weighted by Gasteiger charge is -2.31. The van der Waals surface area contributed by atoms with Gasteiger partial charge in [0.2, 0.25) is 5.91 Å². The first-order valence-corrected chi connectivity index (χ1v) is 13.4. The highest BCUT2D eigenvalue weighted by atomic mass is 79.9. The van der Waals surface area contributed by atoms with Crippen LogP contribution in [0, 0.1) is 0 Å². The van der Waals surface area contributed by atoms with Crippen LogP contribution >= 0.6 is 38.6 Å². The maximum Gasteiger partial charge on any atom is 0.407 e. The number of nitrogens with one attached hydrogen (secondary N) is 2. The SMILES string of the molecule is CC[C@H](C)NCCC(=O)Nc1sc2c(c1-c1nc3cc(Br)ccc3s1)C[C@@H](C)N(C(=O)O)C2. The van der Waals surface area contributed by atoms with Gasteiger partial charge in [0.1, 0.15) is 10.0 Å².